The van der Waals surface area contributed by atoms with Crippen molar-refractivity contribution in [3.8, 4) is 0 Å². The quantitative estimate of drug-likeness (QED) is 0.856. The van der Waals surface area contributed by atoms with Gasteiger partial charge in [0.2, 0.25) is 11.8 Å². The molecule has 1 aliphatic rings. The first-order chi connectivity index (χ1) is 12.5. The fourth-order valence-corrected chi connectivity index (χ4v) is 4.49. The Kier molecular flexibility index (Phi) is 5.67. The van der Waals surface area contributed by atoms with Crippen molar-refractivity contribution in [1.82, 2.24) is 4.90 Å². The highest BCUT2D eigenvalue weighted by atomic mass is 32.2. The van der Waals surface area contributed by atoms with E-state index in [9.17, 15) is 9.59 Å². The number of nitrogens with one attached hydrogen (secondary N) is 1. The number of carbonyl (C=O) groups excluding carboxylic acids is 2. The molecule has 1 N–H and O–H groups in total. The van der Waals surface area contributed by atoms with Crippen LogP contribution in [0.3, 0.4) is 0 Å². The molecule has 0 radical (unpaired) electrons. The number of nitrogens with zero attached hydrogens (tertiary/aromatic N) is 1. The highest BCUT2D eigenvalue weighted by molar-refractivity contribution is 8.01. The molecule has 0 saturated carbocycles. The monoisotopic (exact) mass is 368 g/mol. The number of amides is 2. The summed E-state index contributed by atoms with van der Waals surface area (Å²) in [6.07, 6.45) is 0.287. The normalized spacial score (nSPS) is 19.7. The van der Waals surface area contributed by atoms with Crippen LogP contribution >= 0.6 is 11.8 Å². The van der Waals surface area contributed by atoms with E-state index in [1.165, 1.54) is 5.56 Å². The lowest BCUT2D eigenvalue weighted by atomic mass is 10.1. The van der Waals surface area contributed by atoms with Gasteiger partial charge in [-0.15, -0.1) is 11.8 Å². The minimum Gasteiger partial charge on any atom is -0.326 e. The van der Waals surface area contributed by atoms with Gasteiger partial charge >= 0.3 is 0 Å². The van der Waals surface area contributed by atoms with E-state index in [1.807, 2.05) is 55.1 Å². The molecule has 3 rings (SSSR count). The second kappa shape index (κ2) is 7.96. The maximum absolute atomic E-state index is 12.6. The van der Waals surface area contributed by atoms with E-state index in [0.717, 1.165) is 16.8 Å². The predicted molar refractivity (Wildman–Crippen MR) is 107 cm³/mol. The highest BCUT2D eigenvalue weighted by Gasteiger charge is 2.38. The number of aryl methyl sites for hydroxylation is 2. The summed E-state index contributed by atoms with van der Waals surface area (Å²) in [6, 6.07) is 15.8. The summed E-state index contributed by atoms with van der Waals surface area (Å²) in [5.74, 6) is 0.0288. The lowest BCUT2D eigenvalue weighted by Gasteiger charge is -2.25. The van der Waals surface area contributed by atoms with Crippen molar-refractivity contribution >= 4 is 29.3 Å². The van der Waals surface area contributed by atoms with Crippen LogP contribution in [0.25, 0.3) is 0 Å². The van der Waals surface area contributed by atoms with Gasteiger partial charge in [-0.3, -0.25) is 9.59 Å². The van der Waals surface area contributed by atoms with Gasteiger partial charge in [0, 0.05) is 18.7 Å². The van der Waals surface area contributed by atoms with Crippen LogP contribution in [0, 0.1) is 13.8 Å². The van der Waals surface area contributed by atoms with Crippen LogP contribution in [0.4, 0.5) is 5.69 Å². The van der Waals surface area contributed by atoms with E-state index in [4.69, 9.17) is 0 Å². The van der Waals surface area contributed by atoms with Crippen molar-refractivity contribution in [2.24, 2.45) is 0 Å². The van der Waals surface area contributed by atoms with E-state index in [1.54, 1.807) is 11.8 Å². The van der Waals surface area contributed by atoms with Gasteiger partial charge in [0.1, 0.15) is 5.37 Å². The van der Waals surface area contributed by atoms with Crippen LogP contribution in [-0.2, 0) is 9.59 Å². The first-order valence-corrected chi connectivity index (χ1v) is 9.78. The summed E-state index contributed by atoms with van der Waals surface area (Å²) < 4.78 is 0. The van der Waals surface area contributed by atoms with E-state index >= 15 is 0 Å². The molecule has 136 valence electrons. The van der Waals surface area contributed by atoms with E-state index in [2.05, 4.69) is 24.4 Å². The number of rotatable bonds is 5. The molecule has 2 atom stereocenters. The Hall–Kier alpha value is -2.27. The summed E-state index contributed by atoms with van der Waals surface area (Å²) in [5, 5.41) is 2.80. The summed E-state index contributed by atoms with van der Waals surface area (Å²) in [5.41, 5.74) is 4.25. The second-order valence-corrected chi connectivity index (χ2v) is 8.11. The first-order valence-electron chi connectivity index (χ1n) is 8.83. The number of hydrogen-bond donors (Lipinski definition) is 1. The van der Waals surface area contributed by atoms with Crippen molar-refractivity contribution in [3.63, 3.8) is 0 Å². The minimum atomic E-state index is -0.0836. The van der Waals surface area contributed by atoms with Gasteiger partial charge in [0.05, 0.1) is 5.25 Å². The third-order valence-corrected chi connectivity index (χ3v) is 5.99. The Morgan fingerprint density at radius 1 is 1.12 bits per heavy atom. The topological polar surface area (TPSA) is 49.4 Å². The molecule has 0 spiro atoms. The van der Waals surface area contributed by atoms with Crippen LogP contribution in [-0.4, -0.2) is 28.5 Å². The van der Waals surface area contributed by atoms with Gasteiger partial charge in [-0.05, 0) is 44.0 Å². The Balaban J connectivity index is 1.66. The summed E-state index contributed by atoms with van der Waals surface area (Å²) in [6.45, 7) is 6.43. The van der Waals surface area contributed by atoms with Gasteiger partial charge < -0.3 is 10.2 Å². The molecular weight excluding hydrogens is 344 g/mol. The zero-order valence-electron chi connectivity index (χ0n) is 15.4. The van der Waals surface area contributed by atoms with E-state index in [0.29, 0.717) is 6.54 Å². The molecule has 0 aromatic heterocycles. The Morgan fingerprint density at radius 2 is 1.81 bits per heavy atom. The van der Waals surface area contributed by atoms with Gasteiger partial charge in [-0.25, -0.2) is 0 Å². The number of thioether (sulfide) groups is 1. The standard InChI is InChI=1S/C21H24N2O2S/c1-14-8-10-17(11-9-14)22-19(24)12-13-23-20(25)16(3)26-21(23)18-7-5-4-6-15(18)2/h4-11,16,21H,12-13H2,1-3H3,(H,22,24). The van der Waals surface area contributed by atoms with Crippen LogP contribution in [0.5, 0.6) is 0 Å². The van der Waals surface area contributed by atoms with E-state index < -0.39 is 0 Å². The number of carbonyl (C=O) groups is 2. The summed E-state index contributed by atoms with van der Waals surface area (Å²) >= 11 is 1.65. The molecule has 1 saturated heterocycles. The molecule has 2 aromatic rings. The van der Waals surface area contributed by atoms with Crippen molar-refractivity contribution < 1.29 is 9.59 Å². The van der Waals surface area contributed by atoms with E-state index in [-0.39, 0.29) is 28.9 Å². The van der Waals surface area contributed by atoms with Crippen LogP contribution < -0.4 is 5.32 Å². The summed E-state index contributed by atoms with van der Waals surface area (Å²) in [4.78, 5) is 26.7. The zero-order chi connectivity index (χ0) is 18.7. The fourth-order valence-electron chi connectivity index (χ4n) is 3.09. The molecule has 2 unspecified atom stereocenters. The molecule has 0 bridgehead atoms. The SMILES string of the molecule is Cc1ccc(NC(=O)CCN2C(=O)C(C)SC2c2ccccc2C)cc1. The third kappa shape index (κ3) is 4.10. The molecule has 2 aromatic carbocycles. The van der Waals surface area contributed by atoms with Crippen molar-refractivity contribution in [1.29, 1.82) is 0 Å². The third-order valence-electron chi connectivity index (χ3n) is 4.62. The average Bonchev–Trinajstić information content (AvgIpc) is 2.90. The van der Waals surface area contributed by atoms with Crippen molar-refractivity contribution in [3.05, 3.63) is 65.2 Å². The van der Waals surface area contributed by atoms with Gasteiger partial charge in [0.15, 0.2) is 0 Å². The fraction of sp³-hybridized carbons (Fsp3) is 0.333. The molecule has 1 heterocycles. The second-order valence-electron chi connectivity index (χ2n) is 6.68. The molecule has 0 aliphatic carbocycles. The molecule has 4 nitrogen and oxygen atoms in total. The lowest BCUT2D eigenvalue weighted by molar-refractivity contribution is -0.130. The molecule has 1 aliphatic heterocycles. The summed E-state index contributed by atoms with van der Waals surface area (Å²) in [7, 11) is 0. The Bertz CT molecular complexity index is 804. The predicted octanol–water partition coefficient (Wildman–Crippen LogP) is 4.29. The Labute approximate surface area is 159 Å². The zero-order valence-corrected chi connectivity index (χ0v) is 16.2. The average molecular weight is 369 g/mol. The Morgan fingerprint density at radius 3 is 2.50 bits per heavy atom. The largest absolute Gasteiger partial charge is 0.326 e. The number of hydrogen-bond acceptors (Lipinski definition) is 3. The number of anilines is 1. The first kappa shape index (κ1) is 18.5. The molecule has 5 heteroatoms. The smallest absolute Gasteiger partial charge is 0.236 e. The van der Waals surface area contributed by atoms with Gasteiger partial charge in [0.25, 0.3) is 0 Å². The lowest BCUT2D eigenvalue weighted by Crippen LogP contribution is -2.33. The maximum atomic E-state index is 12.6. The molecular formula is C21H24N2O2S. The number of benzene rings is 2. The van der Waals surface area contributed by atoms with Crippen LogP contribution in [0.2, 0.25) is 0 Å². The van der Waals surface area contributed by atoms with Crippen molar-refractivity contribution in [2.75, 3.05) is 11.9 Å². The molecule has 26 heavy (non-hydrogen) atoms. The van der Waals surface area contributed by atoms with Crippen LogP contribution in [0.1, 0.15) is 35.4 Å². The molecule has 2 amide bonds. The highest BCUT2D eigenvalue weighted by Crippen LogP contribution is 2.43. The van der Waals surface area contributed by atoms with Gasteiger partial charge in [-0.2, -0.15) is 0 Å². The van der Waals surface area contributed by atoms with Gasteiger partial charge in [-0.1, -0.05) is 42.0 Å². The minimum absolute atomic E-state index is 0.0223. The molecule has 1 fully saturated rings. The van der Waals surface area contributed by atoms with Crippen molar-refractivity contribution in [2.45, 2.75) is 37.8 Å². The van der Waals surface area contributed by atoms with Crippen LogP contribution in [0.15, 0.2) is 48.5 Å². The maximum Gasteiger partial charge on any atom is 0.236 e.